The molecule has 29 heavy (non-hydrogen) atoms. The number of methoxy groups -OCH3 is 1. The minimum atomic E-state index is -0.380. The molecule has 0 bridgehead atoms. The molecule has 1 saturated heterocycles. The minimum Gasteiger partial charge on any atom is -0.497 e. The first-order chi connectivity index (χ1) is 14.0. The van der Waals surface area contributed by atoms with E-state index < -0.39 is 0 Å². The first kappa shape index (κ1) is 20.3. The Kier molecular flexibility index (Phi) is 6.40. The summed E-state index contributed by atoms with van der Waals surface area (Å²) in [6, 6.07) is 15.2. The molecular weight excluding hydrogens is 366 g/mol. The number of amides is 2. The molecule has 0 aromatic heterocycles. The van der Waals surface area contributed by atoms with Gasteiger partial charge in [-0.25, -0.2) is 0 Å². The van der Waals surface area contributed by atoms with Crippen molar-refractivity contribution in [1.29, 1.82) is 0 Å². The molecule has 1 heterocycles. The van der Waals surface area contributed by atoms with E-state index in [0.717, 1.165) is 16.9 Å². The maximum Gasteiger partial charge on any atom is 0.227 e. The van der Waals surface area contributed by atoms with Crippen molar-refractivity contribution in [2.45, 2.75) is 6.42 Å². The molecule has 1 atom stereocenters. The van der Waals surface area contributed by atoms with E-state index in [4.69, 9.17) is 4.74 Å². The van der Waals surface area contributed by atoms with Crippen LogP contribution in [0.5, 0.6) is 5.75 Å². The van der Waals surface area contributed by atoms with Crippen LogP contribution < -0.4 is 19.9 Å². The summed E-state index contributed by atoms with van der Waals surface area (Å²) in [4.78, 5) is 28.4. The van der Waals surface area contributed by atoms with Gasteiger partial charge >= 0.3 is 0 Å². The molecule has 150 valence electrons. The van der Waals surface area contributed by atoms with Gasteiger partial charge in [-0.3, -0.25) is 9.59 Å². The fourth-order valence-electron chi connectivity index (χ4n) is 3.18. The molecule has 1 fully saturated rings. The van der Waals surface area contributed by atoms with E-state index >= 15 is 0 Å². The Morgan fingerprint density at radius 2 is 2.00 bits per heavy atom. The summed E-state index contributed by atoms with van der Waals surface area (Å²) >= 11 is 0. The Morgan fingerprint density at radius 1 is 1.24 bits per heavy atom. The molecule has 2 aromatic carbocycles. The van der Waals surface area contributed by atoms with Gasteiger partial charge in [0.2, 0.25) is 11.8 Å². The van der Waals surface area contributed by atoms with Crippen molar-refractivity contribution >= 4 is 23.2 Å². The summed E-state index contributed by atoms with van der Waals surface area (Å²) in [6.07, 6.45) is 0.197. The van der Waals surface area contributed by atoms with E-state index in [9.17, 15) is 9.59 Å². The van der Waals surface area contributed by atoms with Crippen LogP contribution in [-0.4, -0.2) is 46.1 Å². The van der Waals surface area contributed by atoms with E-state index in [1.807, 2.05) is 61.5 Å². The van der Waals surface area contributed by atoms with Crippen LogP contribution in [0, 0.1) is 17.8 Å². The normalized spacial score (nSPS) is 15.5. The third-order valence-electron chi connectivity index (χ3n) is 4.83. The zero-order valence-electron chi connectivity index (χ0n) is 16.9. The highest BCUT2D eigenvalue weighted by molar-refractivity contribution is 6.00. The van der Waals surface area contributed by atoms with Gasteiger partial charge in [-0.15, -0.1) is 0 Å². The molecule has 1 aliphatic rings. The Balaban J connectivity index is 1.53. The average molecular weight is 391 g/mol. The Bertz CT molecular complexity index is 942. The highest BCUT2D eigenvalue weighted by Crippen LogP contribution is 2.27. The van der Waals surface area contributed by atoms with E-state index in [2.05, 4.69) is 17.2 Å². The zero-order chi connectivity index (χ0) is 20.8. The molecule has 2 amide bonds. The lowest BCUT2D eigenvalue weighted by atomic mass is 10.1. The summed E-state index contributed by atoms with van der Waals surface area (Å²) in [7, 11) is 5.55. The van der Waals surface area contributed by atoms with Gasteiger partial charge in [0, 0.05) is 50.1 Å². The van der Waals surface area contributed by atoms with E-state index in [1.54, 1.807) is 18.1 Å². The van der Waals surface area contributed by atoms with Crippen LogP contribution in [-0.2, 0) is 9.59 Å². The zero-order valence-corrected chi connectivity index (χ0v) is 16.9. The Morgan fingerprint density at radius 3 is 2.69 bits per heavy atom. The molecule has 6 nitrogen and oxygen atoms in total. The van der Waals surface area contributed by atoms with Crippen LogP contribution in [0.3, 0.4) is 0 Å². The first-order valence-corrected chi connectivity index (χ1v) is 9.46. The monoisotopic (exact) mass is 391 g/mol. The van der Waals surface area contributed by atoms with Gasteiger partial charge in [0.25, 0.3) is 0 Å². The summed E-state index contributed by atoms with van der Waals surface area (Å²) in [5.41, 5.74) is 2.74. The second-order valence-electron chi connectivity index (χ2n) is 7.07. The van der Waals surface area contributed by atoms with Crippen LogP contribution in [0.1, 0.15) is 12.0 Å². The molecule has 0 aliphatic carbocycles. The largest absolute Gasteiger partial charge is 0.497 e. The highest BCUT2D eigenvalue weighted by Gasteiger charge is 2.35. The van der Waals surface area contributed by atoms with Crippen LogP contribution >= 0.6 is 0 Å². The van der Waals surface area contributed by atoms with Crippen molar-refractivity contribution in [3.05, 3.63) is 54.1 Å². The fraction of sp³-hybridized carbons (Fsp3) is 0.304. The second-order valence-corrected chi connectivity index (χ2v) is 7.07. The predicted octanol–water partition coefficient (Wildman–Crippen LogP) is 2.28. The quantitative estimate of drug-likeness (QED) is 0.795. The molecule has 1 aliphatic heterocycles. The molecular formula is C23H25N3O3. The number of ether oxygens (including phenoxy) is 1. The van der Waals surface area contributed by atoms with Crippen LogP contribution in [0.25, 0.3) is 0 Å². The SMILES string of the molecule is COc1cccc(N2CC(C(=O)NCC#Cc3ccc(N(C)C)cc3)CC2=O)c1. The lowest BCUT2D eigenvalue weighted by Crippen LogP contribution is -2.33. The van der Waals surface area contributed by atoms with Crippen molar-refractivity contribution in [2.24, 2.45) is 5.92 Å². The van der Waals surface area contributed by atoms with E-state index in [1.165, 1.54) is 0 Å². The molecule has 1 N–H and O–H groups in total. The number of nitrogens with one attached hydrogen (secondary N) is 1. The number of hydrogen-bond donors (Lipinski definition) is 1. The number of benzene rings is 2. The molecule has 0 spiro atoms. The number of rotatable bonds is 5. The lowest BCUT2D eigenvalue weighted by molar-refractivity contribution is -0.126. The minimum absolute atomic E-state index is 0.0644. The third kappa shape index (κ3) is 5.08. The van der Waals surface area contributed by atoms with Gasteiger partial charge in [0.15, 0.2) is 0 Å². The predicted molar refractivity (Wildman–Crippen MR) is 114 cm³/mol. The van der Waals surface area contributed by atoms with Crippen LogP contribution in [0.2, 0.25) is 0 Å². The molecule has 3 rings (SSSR count). The number of nitrogens with zero attached hydrogens (tertiary/aromatic N) is 2. The third-order valence-corrected chi connectivity index (χ3v) is 4.83. The van der Waals surface area contributed by atoms with Gasteiger partial charge in [-0.1, -0.05) is 17.9 Å². The van der Waals surface area contributed by atoms with E-state index in [0.29, 0.717) is 12.3 Å². The number of carbonyl (C=O) groups excluding carboxylic acids is 2. The highest BCUT2D eigenvalue weighted by atomic mass is 16.5. The van der Waals surface area contributed by atoms with Gasteiger partial charge in [0.1, 0.15) is 5.75 Å². The standard InChI is InChI=1S/C23H25N3O3/c1-25(2)19-11-9-17(10-12-19)6-5-13-24-23(28)18-14-22(27)26(16-18)20-7-4-8-21(15-20)29-3/h4,7-12,15,18H,13-14,16H2,1-3H3,(H,24,28). The number of anilines is 2. The summed E-state index contributed by atoms with van der Waals surface area (Å²) < 4.78 is 5.21. The molecule has 1 unspecified atom stereocenters. The van der Waals surface area contributed by atoms with Gasteiger partial charge in [-0.2, -0.15) is 0 Å². The first-order valence-electron chi connectivity index (χ1n) is 9.46. The van der Waals surface area contributed by atoms with E-state index in [-0.39, 0.29) is 30.7 Å². The fourth-order valence-corrected chi connectivity index (χ4v) is 3.18. The maximum atomic E-state index is 12.4. The summed E-state index contributed by atoms with van der Waals surface area (Å²) in [5, 5.41) is 2.82. The summed E-state index contributed by atoms with van der Waals surface area (Å²) in [6.45, 7) is 0.607. The number of hydrogen-bond acceptors (Lipinski definition) is 4. The van der Waals surface area contributed by atoms with Gasteiger partial charge in [0.05, 0.1) is 19.6 Å². The smallest absolute Gasteiger partial charge is 0.227 e. The summed E-state index contributed by atoms with van der Waals surface area (Å²) in [5.74, 6) is 6.08. The Labute approximate surface area is 171 Å². The Hall–Kier alpha value is -3.46. The molecule has 0 saturated carbocycles. The van der Waals surface area contributed by atoms with Crippen molar-refractivity contribution in [3.8, 4) is 17.6 Å². The van der Waals surface area contributed by atoms with Crippen LogP contribution in [0.15, 0.2) is 48.5 Å². The van der Waals surface area contributed by atoms with Crippen LogP contribution in [0.4, 0.5) is 11.4 Å². The van der Waals surface area contributed by atoms with Gasteiger partial charge in [-0.05, 0) is 36.4 Å². The van der Waals surface area contributed by atoms with Crippen molar-refractivity contribution in [3.63, 3.8) is 0 Å². The topological polar surface area (TPSA) is 61.9 Å². The van der Waals surface area contributed by atoms with Crippen molar-refractivity contribution < 1.29 is 14.3 Å². The van der Waals surface area contributed by atoms with Crippen molar-refractivity contribution in [1.82, 2.24) is 5.32 Å². The average Bonchev–Trinajstić information content (AvgIpc) is 3.13. The molecule has 2 aromatic rings. The lowest BCUT2D eigenvalue weighted by Gasteiger charge is -2.17. The molecule has 0 radical (unpaired) electrons. The molecule has 6 heteroatoms. The van der Waals surface area contributed by atoms with Crippen molar-refractivity contribution in [2.75, 3.05) is 44.1 Å². The maximum absolute atomic E-state index is 12.4. The number of carbonyl (C=O) groups is 2. The second kappa shape index (κ2) is 9.16. The van der Waals surface area contributed by atoms with Gasteiger partial charge < -0.3 is 19.9 Å².